The van der Waals surface area contributed by atoms with Gasteiger partial charge in [0, 0.05) is 30.8 Å². The summed E-state index contributed by atoms with van der Waals surface area (Å²) in [5, 5.41) is 7.51. The number of ether oxygens (including phenoxy) is 1. The van der Waals surface area contributed by atoms with Gasteiger partial charge in [0.15, 0.2) is 0 Å². The predicted molar refractivity (Wildman–Crippen MR) is 93.5 cm³/mol. The van der Waals surface area contributed by atoms with Crippen molar-refractivity contribution in [2.45, 2.75) is 52.3 Å². The summed E-state index contributed by atoms with van der Waals surface area (Å²) in [6.07, 6.45) is 2.43. The van der Waals surface area contributed by atoms with Crippen LogP contribution in [0, 0.1) is 0 Å². The zero-order valence-electron chi connectivity index (χ0n) is 14.4. The summed E-state index contributed by atoms with van der Waals surface area (Å²) in [5.74, 6) is 0. The van der Waals surface area contributed by atoms with Gasteiger partial charge in [-0.25, -0.2) is 4.79 Å². The predicted octanol–water partition coefficient (Wildman–Crippen LogP) is 3.56. The van der Waals surface area contributed by atoms with Crippen molar-refractivity contribution in [2.24, 2.45) is 0 Å². The van der Waals surface area contributed by atoms with Crippen molar-refractivity contribution in [2.75, 3.05) is 6.54 Å². The Kier molecular flexibility index (Phi) is 5.66. The highest BCUT2D eigenvalue weighted by Crippen LogP contribution is 2.14. The van der Waals surface area contributed by atoms with E-state index < -0.39 is 5.60 Å². The van der Waals surface area contributed by atoms with Crippen LogP contribution in [0.25, 0.3) is 10.9 Å². The number of benzene rings is 1. The van der Waals surface area contributed by atoms with Crippen molar-refractivity contribution >= 4 is 17.0 Å². The summed E-state index contributed by atoms with van der Waals surface area (Å²) in [7, 11) is 0. The molecule has 1 aromatic carbocycles. The number of H-pyrrole nitrogens is 1. The molecule has 0 fully saturated rings. The van der Waals surface area contributed by atoms with E-state index in [-0.39, 0.29) is 12.1 Å². The largest absolute Gasteiger partial charge is 0.444 e. The maximum absolute atomic E-state index is 11.8. The topological polar surface area (TPSA) is 66.2 Å². The first-order valence-electron chi connectivity index (χ1n) is 8.13. The lowest BCUT2D eigenvalue weighted by atomic mass is 10.1. The van der Waals surface area contributed by atoms with Crippen LogP contribution in [-0.4, -0.2) is 29.3 Å². The molecule has 126 valence electrons. The highest BCUT2D eigenvalue weighted by Gasteiger charge is 2.18. The fourth-order valence-corrected chi connectivity index (χ4v) is 2.37. The quantitative estimate of drug-likeness (QED) is 0.763. The molecule has 0 aliphatic rings. The standard InChI is InChI=1S/C18H27N3O2/c1-5-15(21-17(22)23-18(2,3)4)12-19-11-13-6-7-14-8-9-20-16(14)10-13/h6-10,15,19-20H,5,11-12H2,1-4H3,(H,21,22). The second-order valence-electron chi connectivity index (χ2n) is 6.78. The van der Waals surface area contributed by atoms with Crippen LogP contribution >= 0.6 is 0 Å². The first-order valence-corrected chi connectivity index (χ1v) is 8.13. The minimum absolute atomic E-state index is 0.0547. The minimum Gasteiger partial charge on any atom is -0.444 e. The molecule has 1 aromatic heterocycles. The van der Waals surface area contributed by atoms with Gasteiger partial charge in [-0.2, -0.15) is 0 Å². The number of aromatic amines is 1. The summed E-state index contributed by atoms with van der Waals surface area (Å²) in [4.78, 5) is 15.0. The molecule has 0 radical (unpaired) electrons. The summed E-state index contributed by atoms with van der Waals surface area (Å²) < 4.78 is 5.29. The number of rotatable bonds is 6. The van der Waals surface area contributed by atoms with E-state index in [0.29, 0.717) is 6.54 Å². The zero-order valence-corrected chi connectivity index (χ0v) is 14.4. The number of carbonyl (C=O) groups excluding carboxylic acids is 1. The normalized spacial score (nSPS) is 13.0. The van der Waals surface area contributed by atoms with Gasteiger partial charge in [-0.05, 0) is 50.3 Å². The second-order valence-corrected chi connectivity index (χ2v) is 6.78. The van der Waals surface area contributed by atoms with E-state index in [9.17, 15) is 4.79 Å². The van der Waals surface area contributed by atoms with Crippen LogP contribution in [0.1, 0.15) is 39.7 Å². The molecule has 23 heavy (non-hydrogen) atoms. The van der Waals surface area contributed by atoms with Crippen molar-refractivity contribution in [3.05, 3.63) is 36.0 Å². The SMILES string of the molecule is CCC(CNCc1ccc2cc[nH]c2c1)NC(=O)OC(C)(C)C. The van der Waals surface area contributed by atoms with Crippen LogP contribution in [0.15, 0.2) is 30.5 Å². The van der Waals surface area contributed by atoms with Crippen LogP contribution < -0.4 is 10.6 Å². The van der Waals surface area contributed by atoms with E-state index >= 15 is 0 Å². The fourth-order valence-electron chi connectivity index (χ4n) is 2.37. The van der Waals surface area contributed by atoms with Gasteiger partial charge in [0.1, 0.15) is 5.60 Å². The molecular formula is C18H27N3O2. The zero-order chi connectivity index (χ0) is 16.9. The first kappa shape index (κ1) is 17.3. The number of hydrogen-bond donors (Lipinski definition) is 3. The number of hydrogen-bond acceptors (Lipinski definition) is 3. The Bertz CT molecular complexity index is 643. The summed E-state index contributed by atoms with van der Waals surface area (Å²) >= 11 is 0. The van der Waals surface area contributed by atoms with Crippen LogP contribution in [0.5, 0.6) is 0 Å². The van der Waals surface area contributed by atoms with Crippen LogP contribution in [-0.2, 0) is 11.3 Å². The number of alkyl carbamates (subject to hydrolysis) is 1. The van der Waals surface area contributed by atoms with Gasteiger partial charge in [-0.15, -0.1) is 0 Å². The molecule has 0 saturated carbocycles. The number of fused-ring (bicyclic) bond motifs is 1. The highest BCUT2D eigenvalue weighted by molar-refractivity contribution is 5.79. The van der Waals surface area contributed by atoms with E-state index in [0.717, 1.165) is 18.5 Å². The number of aromatic nitrogens is 1. The molecule has 5 nitrogen and oxygen atoms in total. The molecule has 2 rings (SSSR count). The molecule has 0 bridgehead atoms. The van der Waals surface area contributed by atoms with Gasteiger partial charge in [-0.1, -0.05) is 19.1 Å². The molecule has 3 N–H and O–H groups in total. The lowest BCUT2D eigenvalue weighted by Crippen LogP contribution is -2.43. The van der Waals surface area contributed by atoms with Crippen LogP contribution in [0.2, 0.25) is 0 Å². The fraction of sp³-hybridized carbons (Fsp3) is 0.500. The molecule has 1 amide bonds. The monoisotopic (exact) mass is 317 g/mol. The summed E-state index contributed by atoms with van der Waals surface area (Å²) in [5.41, 5.74) is 1.89. The average Bonchev–Trinajstić information content (AvgIpc) is 2.91. The van der Waals surface area contributed by atoms with E-state index in [4.69, 9.17) is 4.74 Å². The van der Waals surface area contributed by atoms with E-state index in [1.165, 1.54) is 10.9 Å². The Labute approximate surface area is 137 Å². The maximum atomic E-state index is 11.8. The van der Waals surface area contributed by atoms with Gasteiger partial charge in [0.25, 0.3) is 0 Å². The molecular weight excluding hydrogens is 290 g/mol. The third kappa shape index (κ3) is 5.60. The Morgan fingerprint density at radius 2 is 2.09 bits per heavy atom. The van der Waals surface area contributed by atoms with Crippen molar-refractivity contribution in [1.29, 1.82) is 0 Å². The number of amides is 1. The Hall–Kier alpha value is -2.01. The molecule has 1 heterocycles. The van der Waals surface area contributed by atoms with Crippen molar-refractivity contribution in [1.82, 2.24) is 15.6 Å². The number of carbonyl (C=O) groups is 1. The van der Waals surface area contributed by atoms with Gasteiger partial charge in [0.05, 0.1) is 0 Å². The highest BCUT2D eigenvalue weighted by atomic mass is 16.6. The Morgan fingerprint density at radius 3 is 2.78 bits per heavy atom. The molecule has 2 aromatic rings. The number of nitrogens with one attached hydrogen (secondary N) is 3. The smallest absolute Gasteiger partial charge is 0.407 e. The van der Waals surface area contributed by atoms with Crippen LogP contribution in [0.3, 0.4) is 0 Å². The molecule has 0 spiro atoms. The lowest BCUT2D eigenvalue weighted by molar-refractivity contribution is 0.0502. The summed E-state index contributed by atoms with van der Waals surface area (Å²) in [6, 6.07) is 8.48. The van der Waals surface area contributed by atoms with Crippen molar-refractivity contribution in [3.63, 3.8) is 0 Å². The van der Waals surface area contributed by atoms with Gasteiger partial charge >= 0.3 is 6.09 Å². The Balaban J connectivity index is 1.79. The molecule has 1 unspecified atom stereocenters. The molecule has 0 aliphatic heterocycles. The molecule has 0 saturated heterocycles. The van der Waals surface area contributed by atoms with Crippen molar-refractivity contribution < 1.29 is 9.53 Å². The molecule has 1 atom stereocenters. The van der Waals surface area contributed by atoms with E-state index in [2.05, 4.69) is 46.8 Å². The Morgan fingerprint density at radius 1 is 1.30 bits per heavy atom. The van der Waals surface area contributed by atoms with Gasteiger partial charge in [-0.3, -0.25) is 0 Å². The molecule has 5 heteroatoms. The van der Waals surface area contributed by atoms with Crippen LogP contribution in [0.4, 0.5) is 4.79 Å². The van der Waals surface area contributed by atoms with Crippen molar-refractivity contribution in [3.8, 4) is 0 Å². The van der Waals surface area contributed by atoms with Gasteiger partial charge in [0.2, 0.25) is 0 Å². The van der Waals surface area contributed by atoms with E-state index in [1.54, 1.807) is 0 Å². The summed E-state index contributed by atoms with van der Waals surface area (Å²) in [6.45, 7) is 9.11. The average molecular weight is 317 g/mol. The second kappa shape index (κ2) is 7.51. The third-order valence-corrected chi connectivity index (χ3v) is 3.55. The van der Waals surface area contributed by atoms with E-state index in [1.807, 2.05) is 27.0 Å². The minimum atomic E-state index is -0.471. The first-order chi connectivity index (χ1) is 10.9. The molecule has 0 aliphatic carbocycles. The maximum Gasteiger partial charge on any atom is 0.407 e. The van der Waals surface area contributed by atoms with Gasteiger partial charge < -0.3 is 20.4 Å². The third-order valence-electron chi connectivity index (χ3n) is 3.55. The lowest BCUT2D eigenvalue weighted by Gasteiger charge is -2.23.